The summed E-state index contributed by atoms with van der Waals surface area (Å²) in [7, 11) is 0. The highest BCUT2D eigenvalue weighted by molar-refractivity contribution is 5.94. The van der Waals surface area contributed by atoms with E-state index in [1.54, 1.807) is 11.1 Å². The Morgan fingerprint density at radius 2 is 1.82 bits per heavy atom. The molecule has 0 bridgehead atoms. The number of fused-ring (bicyclic) bond motifs is 1. The molecule has 148 valence electrons. The molecule has 0 atom stereocenters. The Morgan fingerprint density at radius 1 is 1.04 bits per heavy atom. The van der Waals surface area contributed by atoms with Crippen LogP contribution in [0.4, 0.5) is 5.95 Å². The Kier molecular flexibility index (Phi) is 5.18. The highest BCUT2D eigenvalue weighted by Crippen LogP contribution is 2.21. The molecule has 10 nitrogen and oxygen atoms in total. The largest absolute Gasteiger partial charge is 0.367 e. The number of nitrogen functional groups attached to an aromatic ring is 1. The van der Waals surface area contributed by atoms with Crippen molar-refractivity contribution < 1.29 is 9.59 Å². The van der Waals surface area contributed by atoms with Gasteiger partial charge in [0.2, 0.25) is 11.9 Å². The molecule has 4 rings (SSSR count). The van der Waals surface area contributed by atoms with Gasteiger partial charge in [-0.3, -0.25) is 14.6 Å². The molecule has 0 unspecified atom stereocenters. The van der Waals surface area contributed by atoms with Crippen LogP contribution in [0.1, 0.15) is 40.9 Å². The molecule has 2 aliphatic rings. The van der Waals surface area contributed by atoms with E-state index >= 15 is 0 Å². The van der Waals surface area contributed by atoms with Crippen LogP contribution in [0.25, 0.3) is 0 Å². The number of anilines is 1. The number of nitrogens with two attached hydrogens (primary N) is 1. The van der Waals surface area contributed by atoms with E-state index in [9.17, 15) is 9.59 Å². The minimum Gasteiger partial charge on any atom is -0.367 e. The number of amides is 2. The van der Waals surface area contributed by atoms with E-state index in [1.165, 1.54) is 16.7 Å². The van der Waals surface area contributed by atoms with Gasteiger partial charge in [-0.05, 0) is 54.2 Å². The number of hydrogen-bond acceptors (Lipinski definition) is 7. The van der Waals surface area contributed by atoms with E-state index in [2.05, 4.69) is 20.5 Å². The summed E-state index contributed by atoms with van der Waals surface area (Å²) < 4.78 is 1.27. The second-order valence-electron chi connectivity index (χ2n) is 7.26. The number of rotatable bonds is 3. The Labute approximate surface area is 162 Å². The van der Waals surface area contributed by atoms with Crippen LogP contribution in [-0.4, -0.2) is 73.0 Å². The standard InChI is InChI=1S/C18H24N8O2/c19-18-21-22-23-26(18)12-16(27)24-6-3-7-25(9-8-24)17(28)14-10-13-4-1-2-5-15(13)20-11-14/h10-11H,1-9,12H2,(H2,19,21,23). The summed E-state index contributed by atoms with van der Waals surface area (Å²) in [6.45, 7) is 2.18. The van der Waals surface area contributed by atoms with Gasteiger partial charge in [0, 0.05) is 38.1 Å². The maximum Gasteiger partial charge on any atom is 0.255 e. The summed E-state index contributed by atoms with van der Waals surface area (Å²) in [6.07, 6.45) is 6.72. The molecular formula is C18H24N8O2. The van der Waals surface area contributed by atoms with E-state index in [1.807, 2.05) is 11.0 Å². The van der Waals surface area contributed by atoms with Crippen molar-refractivity contribution in [2.75, 3.05) is 31.9 Å². The number of tetrazole rings is 1. The molecule has 2 aromatic heterocycles. The van der Waals surface area contributed by atoms with Gasteiger partial charge in [-0.1, -0.05) is 5.10 Å². The highest BCUT2D eigenvalue weighted by Gasteiger charge is 2.24. The SMILES string of the molecule is Nc1nnnn1CC(=O)N1CCCN(C(=O)c2cnc3c(c2)CCCC3)CC1. The van der Waals surface area contributed by atoms with Gasteiger partial charge in [-0.2, -0.15) is 0 Å². The summed E-state index contributed by atoms with van der Waals surface area (Å²) in [6, 6.07) is 2.00. The van der Waals surface area contributed by atoms with Gasteiger partial charge in [0.25, 0.3) is 5.91 Å². The van der Waals surface area contributed by atoms with Crippen molar-refractivity contribution in [2.45, 2.75) is 38.6 Å². The molecule has 1 saturated heterocycles. The Bertz CT molecular complexity index is 880. The molecule has 0 saturated carbocycles. The molecule has 1 fully saturated rings. The van der Waals surface area contributed by atoms with E-state index in [0.29, 0.717) is 31.7 Å². The number of aromatic nitrogens is 5. The molecule has 3 heterocycles. The van der Waals surface area contributed by atoms with Crippen molar-refractivity contribution in [1.82, 2.24) is 35.0 Å². The molecule has 0 radical (unpaired) electrons. The predicted octanol–water partition coefficient (Wildman–Crippen LogP) is -0.0962. The summed E-state index contributed by atoms with van der Waals surface area (Å²) in [5.74, 6) is -0.0106. The molecule has 2 aromatic rings. The summed E-state index contributed by atoms with van der Waals surface area (Å²) >= 11 is 0. The van der Waals surface area contributed by atoms with E-state index in [0.717, 1.165) is 31.4 Å². The maximum atomic E-state index is 13.0. The number of aryl methyl sites for hydroxylation is 2. The van der Waals surface area contributed by atoms with E-state index < -0.39 is 0 Å². The Balaban J connectivity index is 1.39. The third-order valence-corrected chi connectivity index (χ3v) is 5.40. The predicted molar refractivity (Wildman–Crippen MR) is 100 cm³/mol. The minimum absolute atomic E-state index is 0.00151. The summed E-state index contributed by atoms with van der Waals surface area (Å²) in [4.78, 5) is 33.5. The molecular weight excluding hydrogens is 360 g/mol. The van der Waals surface area contributed by atoms with Crippen molar-refractivity contribution in [3.63, 3.8) is 0 Å². The zero-order valence-corrected chi connectivity index (χ0v) is 15.8. The fourth-order valence-electron chi connectivity index (χ4n) is 3.81. The smallest absolute Gasteiger partial charge is 0.255 e. The minimum atomic E-state index is -0.108. The van der Waals surface area contributed by atoms with Crippen LogP contribution in [0, 0.1) is 0 Å². The lowest BCUT2D eigenvalue weighted by atomic mass is 9.95. The van der Waals surface area contributed by atoms with Gasteiger partial charge in [0.15, 0.2) is 0 Å². The third-order valence-electron chi connectivity index (χ3n) is 5.40. The molecule has 1 aliphatic heterocycles. The first-order valence-electron chi connectivity index (χ1n) is 9.68. The van der Waals surface area contributed by atoms with Gasteiger partial charge < -0.3 is 15.5 Å². The molecule has 0 spiro atoms. The normalized spacial score (nSPS) is 17.1. The molecule has 2 N–H and O–H groups in total. The van der Waals surface area contributed by atoms with Crippen LogP contribution in [0.15, 0.2) is 12.3 Å². The maximum absolute atomic E-state index is 13.0. The van der Waals surface area contributed by atoms with E-state index in [-0.39, 0.29) is 24.3 Å². The lowest BCUT2D eigenvalue weighted by Gasteiger charge is -2.23. The molecule has 0 aromatic carbocycles. The first-order valence-corrected chi connectivity index (χ1v) is 9.68. The van der Waals surface area contributed by atoms with Crippen LogP contribution in [-0.2, 0) is 24.2 Å². The Morgan fingerprint density at radius 3 is 2.64 bits per heavy atom. The van der Waals surface area contributed by atoms with Crippen molar-refractivity contribution in [3.8, 4) is 0 Å². The molecule has 10 heteroatoms. The number of hydrogen-bond donors (Lipinski definition) is 1. The van der Waals surface area contributed by atoms with Gasteiger partial charge >= 0.3 is 0 Å². The van der Waals surface area contributed by atoms with Crippen LogP contribution in [0.3, 0.4) is 0 Å². The number of carbonyl (C=O) groups excluding carboxylic acids is 2. The lowest BCUT2D eigenvalue weighted by Crippen LogP contribution is -2.39. The number of carbonyl (C=O) groups is 2. The highest BCUT2D eigenvalue weighted by atomic mass is 16.2. The van der Waals surface area contributed by atoms with Crippen molar-refractivity contribution in [2.24, 2.45) is 0 Å². The molecule has 1 aliphatic carbocycles. The average molecular weight is 384 g/mol. The summed E-state index contributed by atoms with van der Waals surface area (Å²) in [5.41, 5.74) is 8.58. The van der Waals surface area contributed by atoms with Crippen molar-refractivity contribution >= 4 is 17.8 Å². The fourth-order valence-corrected chi connectivity index (χ4v) is 3.81. The zero-order chi connectivity index (χ0) is 19.5. The second kappa shape index (κ2) is 7.91. The van der Waals surface area contributed by atoms with Gasteiger partial charge in [-0.25, -0.2) is 4.68 Å². The van der Waals surface area contributed by atoms with Crippen molar-refractivity contribution in [1.29, 1.82) is 0 Å². The second-order valence-corrected chi connectivity index (χ2v) is 7.26. The van der Waals surface area contributed by atoms with Crippen LogP contribution < -0.4 is 5.73 Å². The quantitative estimate of drug-likeness (QED) is 0.784. The van der Waals surface area contributed by atoms with Crippen LogP contribution >= 0.6 is 0 Å². The number of nitrogens with zero attached hydrogens (tertiary/aromatic N) is 7. The van der Waals surface area contributed by atoms with Gasteiger partial charge in [-0.15, -0.1) is 0 Å². The lowest BCUT2D eigenvalue weighted by molar-refractivity contribution is -0.131. The molecule has 28 heavy (non-hydrogen) atoms. The van der Waals surface area contributed by atoms with Gasteiger partial charge in [0.05, 0.1) is 5.56 Å². The molecule has 2 amide bonds. The van der Waals surface area contributed by atoms with Crippen LogP contribution in [0.2, 0.25) is 0 Å². The monoisotopic (exact) mass is 384 g/mol. The third kappa shape index (κ3) is 3.80. The van der Waals surface area contributed by atoms with E-state index in [4.69, 9.17) is 5.73 Å². The summed E-state index contributed by atoms with van der Waals surface area (Å²) in [5, 5.41) is 10.7. The fraction of sp³-hybridized carbons (Fsp3) is 0.556. The first-order chi connectivity index (χ1) is 13.6. The zero-order valence-electron chi connectivity index (χ0n) is 15.8. The number of pyridine rings is 1. The van der Waals surface area contributed by atoms with Crippen molar-refractivity contribution in [3.05, 3.63) is 29.1 Å². The Hall–Kier alpha value is -3.04. The average Bonchev–Trinajstić information content (AvgIpc) is 2.97. The van der Waals surface area contributed by atoms with Crippen LogP contribution in [0.5, 0.6) is 0 Å². The first kappa shape index (κ1) is 18.3. The van der Waals surface area contributed by atoms with Gasteiger partial charge in [0.1, 0.15) is 6.54 Å². The topological polar surface area (TPSA) is 123 Å².